The van der Waals surface area contributed by atoms with Crippen molar-refractivity contribution in [3.63, 3.8) is 0 Å². The van der Waals surface area contributed by atoms with Crippen LogP contribution in [0, 0.1) is 13.8 Å². The molecule has 0 aliphatic carbocycles. The SMILES string of the molecule is Cc1cc(C(C)NN2CCN(C)CC2)c(C)s1. The van der Waals surface area contributed by atoms with Crippen molar-refractivity contribution in [2.24, 2.45) is 0 Å². The standard InChI is InChI=1S/C13H23N3S/c1-10-9-13(12(3)17-10)11(2)14-16-7-5-15(4)6-8-16/h9,11,14H,5-8H2,1-4H3. The van der Waals surface area contributed by atoms with Gasteiger partial charge in [0.05, 0.1) is 0 Å². The van der Waals surface area contributed by atoms with Crippen molar-refractivity contribution < 1.29 is 0 Å². The van der Waals surface area contributed by atoms with Crippen molar-refractivity contribution in [2.45, 2.75) is 26.8 Å². The van der Waals surface area contributed by atoms with E-state index in [9.17, 15) is 0 Å². The van der Waals surface area contributed by atoms with Crippen molar-refractivity contribution in [3.8, 4) is 0 Å². The Bertz CT molecular complexity index is 367. The van der Waals surface area contributed by atoms with Crippen LogP contribution >= 0.6 is 11.3 Å². The summed E-state index contributed by atoms with van der Waals surface area (Å²) in [6.07, 6.45) is 0. The highest BCUT2D eigenvalue weighted by Gasteiger charge is 2.17. The molecule has 1 aliphatic heterocycles. The summed E-state index contributed by atoms with van der Waals surface area (Å²) >= 11 is 1.89. The molecule has 1 unspecified atom stereocenters. The molecule has 0 amide bonds. The van der Waals surface area contributed by atoms with E-state index in [0.29, 0.717) is 6.04 Å². The smallest absolute Gasteiger partial charge is 0.0447 e. The predicted octanol–water partition coefficient (Wildman–Crippen LogP) is 2.18. The van der Waals surface area contributed by atoms with E-state index in [1.165, 1.54) is 15.3 Å². The molecule has 3 nitrogen and oxygen atoms in total. The van der Waals surface area contributed by atoms with Gasteiger partial charge in [0.15, 0.2) is 0 Å². The molecular formula is C13H23N3S. The first kappa shape index (κ1) is 13.0. The van der Waals surface area contributed by atoms with Gasteiger partial charge < -0.3 is 4.90 Å². The van der Waals surface area contributed by atoms with Crippen LogP contribution in [0.4, 0.5) is 0 Å². The van der Waals surface area contributed by atoms with Crippen molar-refractivity contribution in [1.82, 2.24) is 15.3 Å². The maximum atomic E-state index is 3.62. The molecule has 0 radical (unpaired) electrons. The zero-order valence-corrected chi connectivity index (χ0v) is 12.1. The molecule has 0 aromatic carbocycles. The summed E-state index contributed by atoms with van der Waals surface area (Å²) in [5, 5.41) is 2.36. The van der Waals surface area contributed by atoms with E-state index in [4.69, 9.17) is 0 Å². The summed E-state index contributed by atoms with van der Waals surface area (Å²) < 4.78 is 0. The fourth-order valence-electron chi connectivity index (χ4n) is 2.36. The van der Waals surface area contributed by atoms with Gasteiger partial charge in [0.1, 0.15) is 0 Å². The number of rotatable bonds is 3. The van der Waals surface area contributed by atoms with E-state index in [2.05, 4.69) is 49.2 Å². The largest absolute Gasteiger partial charge is 0.304 e. The van der Waals surface area contributed by atoms with Crippen LogP contribution in [0.5, 0.6) is 0 Å². The van der Waals surface area contributed by atoms with Gasteiger partial charge >= 0.3 is 0 Å². The molecule has 2 heterocycles. The lowest BCUT2D eigenvalue weighted by Crippen LogP contribution is -2.51. The Hall–Kier alpha value is -0.420. The summed E-state index contributed by atoms with van der Waals surface area (Å²) in [5.74, 6) is 0. The van der Waals surface area contributed by atoms with Crippen LogP contribution in [0.3, 0.4) is 0 Å². The molecule has 1 atom stereocenters. The Balaban J connectivity index is 1.93. The van der Waals surface area contributed by atoms with E-state index in [-0.39, 0.29) is 0 Å². The highest BCUT2D eigenvalue weighted by atomic mass is 32.1. The number of thiophene rings is 1. The lowest BCUT2D eigenvalue weighted by atomic mass is 10.1. The van der Waals surface area contributed by atoms with Crippen LogP contribution in [-0.4, -0.2) is 43.1 Å². The van der Waals surface area contributed by atoms with E-state index in [1.807, 2.05) is 11.3 Å². The van der Waals surface area contributed by atoms with Gasteiger partial charge in [-0.15, -0.1) is 11.3 Å². The second-order valence-corrected chi connectivity index (χ2v) is 6.47. The van der Waals surface area contributed by atoms with Crippen LogP contribution in [-0.2, 0) is 0 Å². The van der Waals surface area contributed by atoms with Crippen LogP contribution in [0.1, 0.15) is 28.3 Å². The van der Waals surface area contributed by atoms with Gasteiger partial charge in [-0.25, -0.2) is 10.4 Å². The number of piperazine rings is 1. The summed E-state index contributed by atoms with van der Waals surface area (Å²) in [4.78, 5) is 5.23. The second-order valence-electron chi connectivity index (χ2n) is 5.01. The molecule has 4 heteroatoms. The first-order chi connectivity index (χ1) is 8.06. The minimum absolute atomic E-state index is 0.420. The molecule has 2 rings (SSSR count). The Labute approximate surface area is 108 Å². The van der Waals surface area contributed by atoms with E-state index >= 15 is 0 Å². The fourth-order valence-corrected chi connectivity index (χ4v) is 3.38. The van der Waals surface area contributed by atoms with E-state index in [0.717, 1.165) is 26.2 Å². The van der Waals surface area contributed by atoms with Crippen LogP contribution in [0.15, 0.2) is 6.07 Å². The van der Waals surface area contributed by atoms with Gasteiger partial charge in [-0.2, -0.15) is 0 Å². The zero-order chi connectivity index (χ0) is 12.4. The van der Waals surface area contributed by atoms with Gasteiger partial charge in [-0.1, -0.05) is 0 Å². The first-order valence-corrected chi connectivity index (χ1v) is 7.14. The number of nitrogens with zero attached hydrogens (tertiary/aromatic N) is 2. The Morgan fingerprint density at radius 1 is 1.24 bits per heavy atom. The second kappa shape index (κ2) is 5.48. The molecule has 1 aliphatic rings. The molecule has 0 spiro atoms. The van der Waals surface area contributed by atoms with Crippen molar-refractivity contribution in [3.05, 3.63) is 21.4 Å². The van der Waals surface area contributed by atoms with Crippen LogP contribution in [0.25, 0.3) is 0 Å². The summed E-state index contributed by atoms with van der Waals surface area (Å²) in [7, 11) is 2.19. The maximum Gasteiger partial charge on any atom is 0.0447 e. The Morgan fingerprint density at radius 2 is 1.88 bits per heavy atom. The number of hydrogen-bond donors (Lipinski definition) is 1. The topological polar surface area (TPSA) is 18.5 Å². The molecule has 0 bridgehead atoms. The van der Waals surface area contributed by atoms with Crippen molar-refractivity contribution in [2.75, 3.05) is 33.2 Å². The fraction of sp³-hybridized carbons (Fsp3) is 0.692. The molecule has 1 aromatic heterocycles. The molecular weight excluding hydrogens is 230 g/mol. The Kier molecular flexibility index (Phi) is 4.20. The van der Waals surface area contributed by atoms with Crippen molar-refractivity contribution in [1.29, 1.82) is 0 Å². The maximum absolute atomic E-state index is 3.62. The average Bonchev–Trinajstić information content (AvgIpc) is 2.61. The molecule has 1 N–H and O–H groups in total. The highest BCUT2D eigenvalue weighted by molar-refractivity contribution is 7.12. The minimum atomic E-state index is 0.420. The monoisotopic (exact) mass is 253 g/mol. The summed E-state index contributed by atoms with van der Waals surface area (Å²) in [6, 6.07) is 2.73. The van der Waals surface area contributed by atoms with Gasteiger partial charge in [-0.05, 0) is 39.4 Å². The lowest BCUT2D eigenvalue weighted by molar-refractivity contribution is 0.0898. The minimum Gasteiger partial charge on any atom is -0.304 e. The first-order valence-electron chi connectivity index (χ1n) is 6.33. The zero-order valence-electron chi connectivity index (χ0n) is 11.3. The molecule has 1 saturated heterocycles. The molecule has 1 aromatic rings. The number of hydrogen-bond acceptors (Lipinski definition) is 4. The van der Waals surface area contributed by atoms with Crippen LogP contribution in [0.2, 0.25) is 0 Å². The number of hydrazine groups is 1. The Morgan fingerprint density at radius 3 is 2.41 bits per heavy atom. The number of nitrogens with one attached hydrogen (secondary N) is 1. The van der Waals surface area contributed by atoms with Crippen molar-refractivity contribution >= 4 is 11.3 Å². The normalized spacial score (nSPS) is 20.7. The quantitative estimate of drug-likeness (QED) is 0.891. The number of likely N-dealkylation sites (N-methyl/N-ethyl adjacent to an activating group) is 1. The van der Waals surface area contributed by atoms with Gasteiger partial charge in [0.2, 0.25) is 0 Å². The third-order valence-electron chi connectivity index (χ3n) is 3.43. The third kappa shape index (κ3) is 3.28. The van der Waals surface area contributed by atoms with Crippen LogP contribution < -0.4 is 5.43 Å². The molecule has 96 valence electrons. The molecule has 17 heavy (non-hydrogen) atoms. The van der Waals surface area contributed by atoms with E-state index in [1.54, 1.807) is 0 Å². The van der Waals surface area contributed by atoms with Gasteiger partial charge in [-0.3, -0.25) is 0 Å². The lowest BCUT2D eigenvalue weighted by Gasteiger charge is -2.34. The highest BCUT2D eigenvalue weighted by Crippen LogP contribution is 2.26. The average molecular weight is 253 g/mol. The third-order valence-corrected chi connectivity index (χ3v) is 4.41. The van der Waals surface area contributed by atoms with Gasteiger partial charge in [0, 0.05) is 42.0 Å². The molecule has 0 saturated carbocycles. The summed E-state index contributed by atoms with van der Waals surface area (Å²) in [6.45, 7) is 11.2. The molecule has 1 fully saturated rings. The van der Waals surface area contributed by atoms with E-state index < -0.39 is 0 Å². The summed E-state index contributed by atoms with van der Waals surface area (Å²) in [5.41, 5.74) is 5.07. The predicted molar refractivity (Wildman–Crippen MR) is 74.4 cm³/mol. The van der Waals surface area contributed by atoms with Gasteiger partial charge in [0.25, 0.3) is 0 Å². The number of aryl methyl sites for hydroxylation is 2.